The van der Waals surface area contributed by atoms with Gasteiger partial charge in [0.1, 0.15) is 0 Å². The van der Waals surface area contributed by atoms with Crippen LogP contribution in [0.15, 0.2) is 29.3 Å². The third-order valence-electron chi connectivity index (χ3n) is 1.20. The molecule has 0 bridgehead atoms. The Bertz CT molecular complexity index is 241. The Balaban J connectivity index is 3.03. The second-order valence-electron chi connectivity index (χ2n) is 1.95. The van der Waals surface area contributed by atoms with Crippen LogP contribution in [-0.2, 0) is 0 Å². The molecule has 2 N–H and O–H groups in total. The zero-order valence-electron chi connectivity index (χ0n) is 5.91. The van der Waals surface area contributed by atoms with Gasteiger partial charge in [0, 0.05) is 6.21 Å². The van der Waals surface area contributed by atoms with Gasteiger partial charge >= 0.3 is 0 Å². The van der Waals surface area contributed by atoms with E-state index >= 15 is 0 Å². The van der Waals surface area contributed by atoms with Crippen LogP contribution in [0.2, 0.25) is 0 Å². The maximum Gasteiger partial charge on any atom is 0.0854 e. The lowest BCUT2D eigenvalue weighted by Gasteiger charge is -1.95. The molecule has 0 aliphatic heterocycles. The fraction of sp³-hybridized carbons (Fsp3) is 0.125. The first-order valence-corrected chi connectivity index (χ1v) is 3.18. The van der Waals surface area contributed by atoms with Gasteiger partial charge in [0.15, 0.2) is 0 Å². The van der Waals surface area contributed by atoms with Crippen molar-refractivity contribution in [1.29, 1.82) is 0 Å². The fourth-order valence-corrected chi connectivity index (χ4v) is 0.744. The number of anilines is 1. The van der Waals surface area contributed by atoms with Crippen molar-refractivity contribution >= 4 is 17.6 Å². The maximum atomic E-state index is 5.59. The van der Waals surface area contributed by atoms with E-state index in [1.165, 1.54) is 0 Å². The molecule has 2 nitrogen and oxygen atoms in total. The predicted octanol–water partition coefficient (Wildman–Crippen LogP) is 1.99. The molecule has 1 rings (SSSR count). The van der Waals surface area contributed by atoms with Gasteiger partial charge in [-0.3, -0.25) is 4.99 Å². The van der Waals surface area contributed by atoms with Crippen molar-refractivity contribution in [2.45, 2.75) is 6.92 Å². The highest BCUT2D eigenvalue weighted by molar-refractivity contribution is 5.69. The summed E-state index contributed by atoms with van der Waals surface area (Å²) in [6.45, 7) is 1.87. The largest absolute Gasteiger partial charge is 0.397 e. The van der Waals surface area contributed by atoms with E-state index in [1.54, 1.807) is 6.21 Å². The van der Waals surface area contributed by atoms with Crippen LogP contribution in [0.3, 0.4) is 0 Å². The molecule has 1 aromatic carbocycles. The van der Waals surface area contributed by atoms with Gasteiger partial charge in [-0.2, -0.15) is 0 Å². The summed E-state index contributed by atoms with van der Waals surface area (Å²) in [4.78, 5) is 4.06. The normalized spacial score (nSPS) is 10.5. The molecule has 0 heterocycles. The van der Waals surface area contributed by atoms with Crippen molar-refractivity contribution in [2.75, 3.05) is 5.73 Å². The van der Waals surface area contributed by atoms with Gasteiger partial charge in [-0.1, -0.05) is 12.1 Å². The van der Waals surface area contributed by atoms with Crippen molar-refractivity contribution in [1.82, 2.24) is 0 Å². The predicted molar refractivity (Wildman–Crippen MR) is 44.7 cm³/mol. The number of para-hydroxylation sites is 2. The molecule has 0 radical (unpaired) electrons. The SMILES string of the molecule is C/C=N\c1ccccc1N. The number of aliphatic imine (C=N–C) groups is 1. The van der Waals surface area contributed by atoms with Gasteiger partial charge in [-0.05, 0) is 19.1 Å². The van der Waals surface area contributed by atoms with Crippen LogP contribution in [0.1, 0.15) is 6.92 Å². The standard InChI is InChI=1S/C8H10N2/c1-2-10-8-6-4-3-5-7(8)9/h2-6H,9H2,1H3/b10-2-. The van der Waals surface area contributed by atoms with Gasteiger partial charge in [0.2, 0.25) is 0 Å². The molecule has 0 aliphatic carbocycles. The topological polar surface area (TPSA) is 38.4 Å². The summed E-state index contributed by atoms with van der Waals surface area (Å²) in [6, 6.07) is 7.53. The molecule has 10 heavy (non-hydrogen) atoms. The highest BCUT2D eigenvalue weighted by atomic mass is 14.8. The first kappa shape index (κ1) is 6.81. The number of nitrogen functional groups attached to an aromatic ring is 1. The minimum Gasteiger partial charge on any atom is -0.397 e. The van der Waals surface area contributed by atoms with Crippen LogP contribution < -0.4 is 5.73 Å². The summed E-state index contributed by atoms with van der Waals surface area (Å²) >= 11 is 0. The zero-order chi connectivity index (χ0) is 7.40. The lowest BCUT2D eigenvalue weighted by Crippen LogP contribution is -1.83. The summed E-state index contributed by atoms with van der Waals surface area (Å²) in [7, 11) is 0. The third kappa shape index (κ3) is 1.35. The molecule has 0 unspecified atom stereocenters. The van der Waals surface area contributed by atoms with Crippen molar-refractivity contribution < 1.29 is 0 Å². The maximum absolute atomic E-state index is 5.59. The molecule has 1 aromatic rings. The molecular formula is C8H10N2. The zero-order valence-corrected chi connectivity index (χ0v) is 5.91. The molecule has 2 heteroatoms. The average molecular weight is 134 g/mol. The minimum absolute atomic E-state index is 0.723. The fourth-order valence-electron chi connectivity index (χ4n) is 0.744. The van der Waals surface area contributed by atoms with Gasteiger partial charge in [0.05, 0.1) is 11.4 Å². The van der Waals surface area contributed by atoms with Gasteiger partial charge in [-0.15, -0.1) is 0 Å². The average Bonchev–Trinajstić information content (AvgIpc) is 1.94. The van der Waals surface area contributed by atoms with Crippen molar-refractivity contribution in [3.63, 3.8) is 0 Å². The first-order valence-electron chi connectivity index (χ1n) is 3.18. The van der Waals surface area contributed by atoms with Crippen molar-refractivity contribution in [2.24, 2.45) is 4.99 Å². The van der Waals surface area contributed by atoms with Gasteiger partial charge in [-0.25, -0.2) is 0 Å². The first-order chi connectivity index (χ1) is 4.84. The van der Waals surface area contributed by atoms with Crippen molar-refractivity contribution in [3.05, 3.63) is 24.3 Å². The van der Waals surface area contributed by atoms with E-state index in [4.69, 9.17) is 5.73 Å². The lowest BCUT2D eigenvalue weighted by molar-refractivity contribution is 1.52. The van der Waals surface area contributed by atoms with Crippen molar-refractivity contribution in [3.8, 4) is 0 Å². The molecule has 0 aliphatic rings. The molecule has 0 spiro atoms. The second kappa shape index (κ2) is 3.01. The lowest BCUT2D eigenvalue weighted by atomic mass is 10.3. The molecule has 0 atom stereocenters. The van der Waals surface area contributed by atoms with E-state index in [0.717, 1.165) is 11.4 Å². The summed E-state index contributed by atoms with van der Waals surface area (Å²) in [5.41, 5.74) is 7.15. The van der Waals surface area contributed by atoms with Crippen LogP contribution >= 0.6 is 0 Å². The third-order valence-corrected chi connectivity index (χ3v) is 1.20. The Hall–Kier alpha value is -1.31. The Morgan fingerprint density at radius 3 is 2.70 bits per heavy atom. The number of rotatable bonds is 1. The number of nitrogens with zero attached hydrogens (tertiary/aromatic N) is 1. The second-order valence-corrected chi connectivity index (χ2v) is 1.95. The summed E-state index contributed by atoms with van der Waals surface area (Å²) in [5, 5.41) is 0. The number of benzene rings is 1. The number of nitrogens with two attached hydrogens (primary N) is 1. The highest BCUT2D eigenvalue weighted by Gasteiger charge is 1.89. The smallest absolute Gasteiger partial charge is 0.0854 e. The van der Waals surface area contributed by atoms with E-state index < -0.39 is 0 Å². The molecule has 0 saturated carbocycles. The van der Waals surface area contributed by atoms with E-state index in [9.17, 15) is 0 Å². The van der Waals surface area contributed by atoms with Gasteiger partial charge in [0.25, 0.3) is 0 Å². The Morgan fingerprint density at radius 2 is 2.10 bits per heavy atom. The molecule has 52 valence electrons. The Kier molecular flexibility index (Phi) is 2.05. The number of hydrogen-bond acceptors (Lipinski definition) is 2. The van der Waals surface area contributed by atoms with Crippen LogP contribution in [0.25, 0.3) is 0 Å². The van der Waals surface area contributed by atoms with E-state index in [0.29, 0.717) is 0 Å². The molecule has 0 aromatic heterocycles. The van der Waals surface area contributed by atoms with Crippen LogP contribution in [-0.4, -0.2) is 6.21 Å². The molecular weight excluding hydrogens is 124 g/mol. The minimum atomic E-state index is 0.723. The Labute approximate surface area is 60.4 Å². The quantitative estimate of drug-likeness (QED) is 0.463. The molecule has 0 amide bonds. The van der Waals surface area contributed by atoms with Crippen LogP contribution in [0.4, 0.5) is 11.4 Å². The summed E-state index contributed by atoms with van der Waals surface area (Å²) in [5.74, 6) is 0. The van der Waals surface area contributed by atoms with E-state index in [1.807, 2.05) is 31.2 Å². The van der Waals surface area contributed by atoms with Gasteiger partial charge < -0.3 is 5.73 Å². The van der Waals surface area contributed by atoms with E-state index in [-0.39, 0.29) is 0 Å². The highest BCUT2D eigenvalue weighted by Crippen LogP contribution is 2.19. The Morgan fingerprint density at radius 1 is 1.40 bits per heavy atom. The summed E-state index contributed by atoms with van der Waals surface area (Å²) in [6.07, 6.45) is 1.73. The number of hydrogen-bond donors (Lipinski definition) is 1. The van der Waals surface area contributed by atoms with Crippen LogP contribution in [0, 0.1) is 0 Å². The molecule has 0 fully saturated rings. The van der Waals surface area contributed by atoms with Crippen LogP contribution in [0.5, 0.6) is 0 Å². The monoisotopic (exact) mass is 134 g/mol. The van der Waals surface area contributed by atoms with E-state index in [2.05, 4.69) is 4.99 Å². The molecule has 0 saturated heterocycles. The summed E-state index contributed by atoms with van der Waals surface area (Å²) < 4.78 is 0.